The molecule has 1 amide bonds. The van der Waals surface area contributed by atoms with Crippen molar-refractivity contribution in [1.82, 2.24) is 4.90 Å². The van der Waals surface area contributed by atoms with Gasteiger partial charge in [0.15, 0.2) is 0 Å². The van der Waals surface area contributed by atoms with Gasteiger partial charge in [-0.3, -0.25) is 9.69 Å². The first-order valence-electron chi connectivity index (χ1n) is 7.48. The molecule has 1 heterocycles. The summed E-state index contributed by atoms with van der Waals surface area (Å²) in [6, 6.07) is 6.51. The Balaban J connectivity index is 1.78. The van der Waals surface area contributed by atoms with Crippen LogP contribution in [0.1, 0.15) is 39.0 Å². The predicted octanol–water partition coefficient (Wildman–Crippen LogP) is 3.42. The molecule has 1 fully saturated rings. The maximum atomic E-state index is 12.8. The van der Waals surface area contributed by atoms with Crippen molar-refractivity contribution in [1.29, 1.82) is 0 Å². The van der Waals surface area contributed by atoms with Gasteiger partial charge in [0.1, 0.15) is 5.82 Å². The molecular weight excluding hydrogens is 255 g/mol. The molecule has 1 unspecified atom stereocenters. The molecule has 110 valence electrons. The highest BCUT2D eigenvalue weighted by atomic mass is 19.1. The first kappa shape index (κ1) is 15.0. The van der Waals surface area contributed by atoms with Crippen molar-refractivity contribution in [3.63, 3.8) is 0 Å². The fourth-order valence-electron chi connectivity index (χ4n) is 2.82. The third kappa shape index (κ3) is 4.30. The highest BCUT2D eigenvalue weighted by Crippen LogP contribution is 2.19. The van der Waals surface area contributed by atoms with Crippen LogP contribution in [0.4, 0.5) is 10.1 Å². The van der Waals surface area contributed by atoms with Gasteiger partial charge in [0.05, 0.1) is 0 Å². The van der Waals surface area contributed by atoms with E-state index in [1.807, 2.05) is 0 Å². The second kappa shape index (κ2) is 7.39. The summed E-state index contributed by atoms with van der Waals surface area (Å²) in [7, 11) is 0. The minimum atomic E-state index is -0.290. The van der Waals surface area contributed by atoms with Crippen LogP contribution in [-0.2, 0) is 4.79 Å². The molecule has 0 radical (unpaired) electrons. The number of hydrogen-bond acceptors (Lipinski definition) is 2. The Bertz CT molecular complexity index is 433. The molecule has 1 aromatic rings. The van der Waals surface area contributed by atoms with Gasteiger partial charge >= 0.3 is 0 Å². The molecule has 1 aliphatic rings. The van der Waals surface area contributed by atoms with Crippen LogP contribution in [0.15, 0.2) is 24.3 Å². The number of piperidine rings is 1. The van der Waals surface area contributed by atoms with Crippen molar-refractivity contribution in [2.45, 2.75) is 45.1 Å². The fourth-order valence-corrected chi connectivity index (χ4v) is 2.82. The number of rotatable bonds is 5. The molecule has 1 saturated heterocycles. The fraction of sp³-hybridized carbons (Fsp3) is 0.562. The summed E-state index contributed by atoms with van der Waals surface area (Å²) in [5, 5.41) is 2.81. The van der Waals surface area contributed by atoms with Gasteiger partial charge in [0, 0.05) is 24.7 Å². The number of carbonyl (C=O) groups excluding carboxylic acids is 1. The second-order valence-corrected chi connectivity index (χ2v) is 5.40. The highest BCUT2D eigenvalue weighted by Gasteiger charge is 2.20. The van der Waals surface area contributed by atoms with Crippen LogP contribution < -0.4 is 5.32 Å². The van der Waals surface area contributed by atoms with E-state index in [9.17, 15) is 9.18 Å². The van der Waals surface area contributed by atoms with E-state index in [-0.39, 0.29) is 11.7 Å². The van der Waals surface area contributed by atoms with Crippen LogP contribution in [0.3, 0.4) is 0 Å². The quantitative estimate of drug-likeness (QED) is 0.895. The zero-order valence-electron chi connectivity index (χ0n) is 12.1. The zero-order chi connectivity index (χ0) is 14.4. The summed E-state index contributed by atoms with van der Waals surface area (Å²) < 4.78 is 12.8. The maximum Gasteiger partial charge on any atom is 0.225 e. The Morgan fingerprint density at radius 1 is 1.35 bits per heavy atom. The van der Waals surface area contributed by atoms with Crippen LogP contribution in [0, 0.1) is 5.82 Å². The Morgan fingerprint density at radius 3 is 2.80 bits per heavy atom. The Morgan fingerprint density at radius 2 is 2.10 bits per heavy atom. The minimum Gasteiger partial charge on any atom is -0.326 e. The monoisotopic (exact) mass is 278 g/mol. The third-order valence-corrected chi connectivity index (χ3v) is 3.97. The second-order valence-electron chi connectivity index (χ2n) is 5.40. The molecular formula is C16H23FN2O. The maximum absolute atomic E-state index is 12.8. The number of nitrogens with one attached hydrogen (secondary N) is 1. The lowest BCUT2D eigenvalue weighted by molar-refractivity contribution is -0.116. The normalized spacial score (nSPS) is 19.8. The van der Waals surface area contributed by atoms with Crippen LogP contribution in [-0.4, -0.2) is 29.9 Å². The van der Waals surface area contributed by atoms with E-state index in [0.717, 1.165) is 19.5 Å². The SMILES string of the molecule is CCC1CCCCN1CCC(=O)Nc1ccc(F)cc1. The van der Waals surface area contributed by atoms with Gasteiger partial charge in [-0.05, 0) is 50.1 Å². The van der Waals surface area contributed by atoms with E-state index in [0.29, 0.717) is 18.2 Å². The molecule has 0 aliphatic carbocycles. The van der Waals surface area contributed by atoms with Gasteiger partial charge < -0.3 is 5.32 Å². The van der Waals surface area contributed by atoms with Crippen LogP contribution in [0.2, 0.25) is 0 Å². The third-order valence-electron chi connectivity index (χ3n) is 3.97. The van der Waals surface area contributed by atoms with Gasteiger partial charge in [0.25, 0.3) is 0 Å². The van der Waals surface area contributed by atoms with Gasteiger partial charge in [-0.15, -0.1) is 0 Å². The topological polar surface area (TPSA) is 32.3 Å². The minimum absolute atomic E-state index is 0.00275. The number of anilines is 1. The van der Waals surface area contributed by atoms with E-state index in [4.69, 9.17) is 0 Å². The van der Waals surface area contributed by atoms with Gasteiger partial charge in [0.2, 0.25) is 5.91 Å². The molecule has 2 rings (SSSR count). The van der Waals surface area contributed by atoms with E-state index < -0.39 is 0 Å². The van der Waals surface area contributed by atoms with Crippen molar-refractivity contribution in [3.8, 4) is 0 Å². The van der Waals surface area contributed by atoms with E-state index in [2.05, 4.69) is 17.1 Å². The molecule has 4 heteroatoms. The summed E-state index contributed by atoms with van der Waals surface area (Å²) in [5.41, 5.74) is 0.655. The zero-order valence-corrected chi connectivity index (χ0v) is 12.1. The van der Waals surface area contributed by atoms with Gasteiger partial charge in [-0.2, -0.15) is 0 Å². The lowest BCUT2D eigenvalue weighted by atomic mass is 10.00. The van der Waals surface area contributed by atoms with E-state index in [1.165, 1.54) is 31.4 Å². The molecule has 20 heavy (non-hydrogen) atoms. The van der Waals surface area contributed by atoms with Crippen molar-refractivity contribution in [2.75, 3.05) is 18.4 Å². The van der Waals surface area contributed by atoms with Crippen molar-refractivity contribution in [3.05, 3.63) is 30.1 Å². The number of benzene rings is 1. The number of hydrogen-bond donors (Lipinski definition) is 1. The Labute approximate surface area is 120 Å². The summed E-state index contributed by atoms with van der Waals surface area (Å²) in [4.78, 5) is 14.3. The largest absolute Gasteiger partial charge is 0.326 e. The number of amides is 1. The molecule has 0 spiro atoms. The molecule has 1 aromatic carbocycles. The van der Waals surface area contributed by atoms with Crippen LogP contribution >= 0.6 is 0 Å². The molecule has 3 nitrogen and oxygen atoms in total. The number of halogens is 1. The van der Waals surface area contributed by atoms with Crippen molar-refractivity contribution >= 4 is 11.6 Å². The number of nitrogens with zero attached hydrogens (tertiary/aromatic N) is 1. The molecule has 0 bridgehead atoms. The lowest BCUT2D eigenvalue weighted by Gasteiger charge is -2.35. The van der Waals surface area contributed by atoms with Gasteiger partial charge in [-0.1, -0.05) is 13.3 Å². The van der Waals surface area contributed by atoms with Gasteiger partial charge in [-0.25, -0.2) is 4.39 Å². The summed E-state index contributed by atoms with van der Waals surface area (Å²) >= 11 is 0. The summed E-state index contributed by atoms with van der Waals surface area (Å²) in [5.74, 6) is -0.292. The molecule has 1 atom stereocenters. The number of carbonyl (C=O) groups is 1. The Kier molecular flexibility index (Phi) is 5.53. The first-order valence-corrected chi connectivity index (χ1v) is 7.48. The smallest absolute Gasteiger partial charge is 0.225 e. The summed E-state index contributed by atoms with van der Waals surface area (Å²) in [6.45, 7) is 4.12. The predicted molar refractivity (Wildman–Crippen MR) is 79.1 cm³/mol. The molecule has 1 N–H and O–H groups in total. The van der Waals surface area contributed by atoms with E-state index >= 15 is 0 Å². The van der Waals surface area contributed by atoms with Crippen LogP contribution in [0.5, 0.6) is 0 Å². The Hall–Kier alpha value is -1.42. The lowest BCUT2D eigenvalue weighted by Crippen LogP contribution is -2.40. The standard InChI is InChI=1S/C16H23FN2O/c1-2-15-5-3-4-11-19(15)12-10-16(20)18-14-8-6-13(17)7-9-14/h6-9,15H,2-5,10-12H2,1H3,(H,18,20). The van der Waals surface area contributed by atoms with Crippen molar-refractivity contribution < 1.29 is 9.18 Å². The van der Waals surface area contributed by atoms with Crippen molar-refractivity contribution in [2.24, 2.45) is 0 Å². The highest BCUT2D eigenvalue weighted by molar-refractivity contribution is 5.90. The van der Waals surface area contributed by atoms with Crippen LogP contribution in [0.25, 0.3) is 0 Å². The molecule has 0 aromatic heterocycles. The van der Waals surface area contributed by atoms with E-state index in [1.54, 1.807) is 12.1 Å². The summed E-state index contributed by atoms with van der Waals surface area (Å²) in [6.07, 6.45) is 5.43. The molecule has 0 saturated carbocycles. The average molecular weight is 278 g/mol. The molecule has 1 aliphatic heterocycles. The first-order chi connectivity index (χ1) is 9.69. The average Bonchev–Trinajstić information content (AvgIpc) is 2.48. The number of likely N-dealkylation sites (tertiary alicyclic amines) is 1.